The number of rotatable bonds is 3. The van der Waals surface area contributed by atoms with Gasteiger partial charge in [-0.15, -0.1) is 0 Å². The van der Waals surface area contributed by atoms with Crippen LogP contribution in [-0.4, -0.2) is 20.1 Å². The molecule has 7 nitrogen and oxygen atoms in total. The minimum Gasteiger partial charge on any atom is -0.368 e. The van der Waals surface area contributed by atoms with E-state index >= 15 is 0 Å². The smallest absolute Gasteiger partial charge is 0.229 e. The zero-order chi connectivity index (χ0) is 10.7. The monoisotopic (exact) mass is 226 g/mol. The summed E-state index contributed by atoms with van der Waals surface area (Å²) in [6.45, 7) is 0.427. The van der Waals surface area contributed by atoms with E-state index in [1.165, 1.54) is 6.26 Å². The van der Waals surface area contributed by atoms with Crippen LogP contribution in [0.2, 0.25) is 5.28 Å². The average Bonchev–Trinajstić information content (AvgIpc) is 2.65. The fourth-order valence-corrected chi connectivity index (χ4v) is 1.11. The van der Waals surface area contributed by atoms with Gasteiger partial charge in [-0.1, -0.05) is 5.16 Å². The number of aromatic nitrogens is 4. The second kappa shape index (κ2) is 4.09. The summed E-state index contributed by atoms with van der Waals surface area (Å²) in [5, 5.41) is 6.63. The van der Waals surface area contributed by atoms with Crippen LogP contribution < -0.4 is 11.1 Å². The molecule has 0 saturated heterocycles. The van der Waals surface area contributed by atoms with Gasteiger partial charge in [-0.05, 0) is 11.6 Å². The number of hydrogen-bond acceptors (Lipinski definition) is 7. The van der Waals surface area contributed by atoms with Crippen LogP contribution in [0.1, 0.15) is 5.69 Å². The lowest BCUT2D eigenvalue weighted by molar-refractivity contribution is 0.412. The van der Waals surface area contributed by atoms with Crippen molar-refractivity contribution in [1.82, 2.24) is 20.1 Å². The molecular weight excluding hydrogens is 220 g/mol. The standard InChI is InChI=1S/C7H7ClN6O/c8-5-11-6(9)13-7(12-5)10-3-4-1-2-15-14-4/h1-2H,3H2,(H3,9,10,11,12,13). The molecule has 0 amide bonds. The van der Waals surface area contributed by atoms with Crippen molar-refractivity contribution in [3.05, 3.63) is 23.3 Å². The summed E-state index contributed by atoms with van der Waals surface area (Å²) in [5.41, 5.74) is 6.11. The molecule has 0 unspecified atom stereocenters. The van der Waals surface area contributed by atoms with Crippen molar-refractivity contribution in [2.45, 2.75) is 6.54 Å². The fourth-order valence-electron chi connectivity index (χ4n) is 0.943. The molecule has 8 heteroatoms. The number of halogens is 1. The van der Waals surface area contributed by atoms with E-state index in [9.17, 15) is 0 Å². The van der Waals surface area contributed by atoms with Crippen molar-refractivity contribution in [1.29, 1.82) is 0 Å². The molecule has 0 aliphatic heterocycles. The highest BCUT2D eigenvalue weighted by Crippen LogP contribution is 2.07. The van der Waals surface area contributed by atoms with Crippen molar-refractivity contribution >= 4 is 23.5 Å². The first-order chi connectivity index (χ1) is 7.24. The van der Waals surface area contributed by atoms with Gasteiger partial charge in [0, 0.05) is 6.07 Å². The normalized spacial score (nSPS) is 10.2. The number of hydrogen-bond donors (Lipinski definition) is 2. The van der Waals surface area contributed by atoms with E-state index in [-0.39, 0.29) is 11.2 Å². The minimum absolute atomic E-state index is 0.0464. The first-order valence-electron chi connectivity index (χ1n) is 4.04. The molecule has 2 heterocycles. The summed E-state index contributed by atoms with van der Waals surface area (Å²) in [6.07, 6.45) is 1.48. The third-order valence-corrected chi connectivity index (χ3v) is 1.71. The average molecular weight is 227 g/mol. The van der Waals surface area contributed by atoms with Gasteiger partial charge in [-0.2, -0.15) is 15.0 Å². The van der Waals surface area contributed by atoms with Gasteiger partial charge in [0.25, 0.3) is 0 Å². The molecule has 0 bridgehead atoms. The van der Waals surface area contributed by atoms with Crippen LogP contribution in [-0.2, 0) is 6.54 Å². The Morgan fingerprint density at radius 3 is 2.93 bits per heavy atom. The van der Waals surface area contributed by atoms with Gasteiger partial charge in [-0.25, -0.2) is 0 Å². The highest BCUT2D eigenvalue weighted by molar-refractivity contribution is 6.28. The minimum atomic E-state index is 0.0464. The van der Waals surface area contributed by atoms with Crippen molar-refractivity contribution in [2.75, 3.05) is 11.1 Å². The molecule has 0 aliphatic rings. The number of nitrogen functional groups attached to an aromatic ring is 1. The molecule has 2 aromatic heterocycles. The molecule has 0 spiro atoms. The van der Waals surface area contributed by atoms with Crippen molar-refractivity contribution < 1.29 is 4.52 Å². The van der Waals surface area contributed by atoms with Crippen LogP contribution in [0.25, 0.3) is 0 Å². The number of nitrogens with two attached hydrogens (primary N) is 1. The SMILES string of the molecule is Nc1nc(Cl)nc(NCc2ccon2)n1. The highest BCUT2D eigenvalue weighted by atomic mass is 35.5. The van der Waals surface area contributed by atoms with E-state index in [4.69, 9.17) is 17.3 Å². The Morgan fingerprint density at radius 2 is 2.27 bits per heavy atom. The van der Waals surface area contributed by atoms with Gasteiger partial charge in [0.1, 0.15) is 12.0 Å². The zero-order valence-corrected chi connectivity index (χ0v) is 8.27. The molecule has 2 aromatic rings. The molecule has 15 heavy (non-hydrogen) atoms. The van der Waals surface area contributed by atoms with E-state index in [1.807, 2.05) is 0 Å². The Bertz CT molecular complexity index is 424. The predicted molar refractivity (Wildman–Crippen MR) is 53.1 cm³/mol. The van der Waals surface area contributed by atoms with E-state index in [0.717, 1.165) is 5.69 Å². The maximum atomic E-state index is 5.59. The molecule has 78 valence electrons. The van der Waals surface area contributed by atoms with Crippen LogP contribution in [0, 0.1) is 0 Å². The topological polar surface area (TPSA) is 103 Å². The third-order valence-electron chi connectivity index (χ3n) is 1.54. The van der Waals surface area contributed by atoms with Gasteiger partial charge in [0.15, 0.2) is 0 Å². The van der Waals surface area contributed by atoms with Gasteiger partial charge >= 0.3 is 0 Å². The molecule has 2 rings (SSSR count). The Hall–Kier alpha value is -1.89. The lowest BCUT2D eigenvalue weighted by Gasteiger charge is -2.02. The lowest BCUT2D eigenvalue weighted by Crippen LogP contribution is -2.07. The van der Waals surface area contributed by atoms with Gasteiger partial charge in [0.05, 0.1) is 6.54 Å². The zero-order valence-electron chi connectivity index (χ0n) is 7.51. The maximum Gasteiger partial charge on any atom is 0.229 e. The molecule has 0 atom stereocenters. The van der Waals surface area contributed by atoms with Crippen LogP contribution in [0.3, 0.4) is 0 Å². The number of anilines is 2. The Kier molecular flexibility index (Phi) is 2.64. The summed E-state index contributed by atoms with van der Waals surface area (Å²) < 4.78 is 4.66. The molecule has 0 radical (unpaired) electrons. The van der Waals surface area contributed by atoms with Gasteiger partial charge in [-0.3, -0.25) is 0 Å². The van der Waals surface area contributed by atoms with Crippen LogP contribution in [0.4, 0.5) is 11.9 Å². The molecule has 0 fully saturated rings. The van der Waals surface area contributed by atoms with Crippen LogP contribution >= 0.6 is 11.6 Å². The Morgan fingerprint density at radius 1 is 1.40 bits per heavy atom. The van der Waals surface area contributed by atoms with E-state index in [0.29, 0.717) is 12.5 Å². The molecule has 3 N–H and O–H groups in total. The van der Waals surface area contributed by atoms with E-state index in [1.54, 1.807) is 6.07 Å². The van der Waals surface area contributed by atoms with E-state index < -0.39 is 0 Å². The number of nitrogens with zero attached hydrogens (tertiary/aromatic N) is 4. The summed E-state index contributed by atoms with van der Waals surface area (Å²) in [6, 6.07) is 1.72. The van der Waals surface area contributed by atoms with Crippen LogP contribution in [0.15, 0.2) is 16.9 Å². The second-order valence-electron chi connectivity index (χ2n) is 2.63. The molecule has 0 aromatic carbocycles. The molecule has 0 saturated carbocycles. The third kappa shape index (κ3) is 2.53. The quantitative estimate of drug-likeness (QED) is 0.794. The number of nitrogens with one attached hydrogen (secondary N) is 1. The van der Waals surface area contributed by atoms with Crippen LogP contribution in [0.5, 0.6) is 0 Å². The summed E-state index contributed by atoms with van der Waals surface area (Å²) in [4.78, 5) is 11.3. The Balaban J connectivity index is 2.05. The summed E-state index contributed by atoms with van der Waals surface area (Å²) in [5.74, 6) is 0.369. The Labute approximate surface area is 89.7 Å². The highest BCUT2D eigenvalue weighted by Gasteiger charge is 2.02. The van der Waals surface area contributed by atoms with Crippen molar-refractivity contribution in [2.24, 2.45) is 0 Å². The predicted octanol–water partition coefficient (Wildman–Crippen LogP) is 0.707. The fraction of sp³-hybridized carbons (Fsp3) is 0.143. The molecule has 0 aliphatic carbocycles. The second-order valence-corrected chi connectivity index (χ2v) is 2.97. The first-order valence-corrected chi connectivity index (χ1v) is 4.42. The van der Waals surface area contributed by atoms with Gasteiger partial charge < -0.3 is 15.6 Å². The first kappa shape index (κ1) is 9.66. The van der Waals surface area contributed by atoms with Crippen molar-refractivity contribution in [3.63, 3.8) is 0 Å². The summed E-state index contributed by atoms with van der Waals surface area (Å²) >= 11 is 5.59. The lowest BCUT2D eigenvalue weighted by atomic mass is 10.4. The van der Waals surface area contributed by atoms with Gasteiger partial charge in [0.2, 0.25) is 17.2 Å². The van der Waals surface area contributed by atoms with E-state index in [2.05, 4.69) is 29.9 Å². The van der Waals surface area contributed by atoms with Crippen molar-refractivity contribution in [3.8, 4) is 0 Å². The largest absolute Gasteiger partial charge is 0.368 e. The molecular formula is C7H7ClN6O. The maximum absolute atomic E-state index is 5.59. The summed E-state index contributed by atoms with van der Waals surface area (Å²) in [7, 11) is 0.